The number of carbonyl (C=O) groups excluding carboxylic acids is 1. The Morgan fingerprint density at radius 3 is 2.74 bits per heavy atom. The van der Waals surface area contributed by atoms with Crippen LogP contribution in [0.4, 0.5) is 10.1 Å². The summed E-state index contributed by atoms with van der Waals surface area (Å²) < 4.78 is 20.3. The fourth-order valence-corrected chi connectivity index (χ4v) is 4.69. The van der Waals surface area contributed by atoms with Crippen LogP contribution in [-0.2, 0) is 4.74 Å². The Balaban J connectivity index is 1.23. The fraction of sp³-hybridized carbons (Fsp3) is 0.346. The average molecular weight is 462 g/mol. The molecule has 0 aromatic carbocycles. The van der Waals surface area contributed by atoms with Crippen molar-refractivity contribution >= 4 is 17.2 Å². The Morgan fingerprint density at radius 1 is 1.18 bits per heavy atom. The van der Waals surface area contributed by atoms with Crippen molar-refractivity contribution in [3.63, 3.8) is 0 Å². The number of nitrogens with zero attached hydrogens (tertiary/aromatic N) is 4. The van der Waals surface area contributed by atoms with Crippen LogP contribution in [0.2, 0.25) is 0 Å². The van der Waals surface area contributed by atoms with Crippen LogP contribution in [0.25, 0.3) is 11.4 Å². The molecule has 34 heavy (non-hydrogen) atoms. The summed E-state index contributed by atoms with van der Waals surface area (Å²) >= 11 is 0. The van der Waals surface area contributed by atoms with E-state index < -0.39 is 5.82 Å². The van der Waals surface area contributed by atoms with Crippen LogP contribution in [0.3, 0.4) is 0 Å². The molecule has 1 atom stereocenters. The molecule has 5 rings (SSSR count). The summed E-state index contributed by atoms with van der Waals surface area (Å²) in [6.07, 6.45) is 11.8. The maximum Gasteiger partial charge on any atom is 0.257 e. The third-order valence-electron chi connectivity index (χ3n) is 6.52. The molecule has 1 saturated heterocycles. The number of hydrogen-bond acceptors (Lipinski definition) is 5. The van der Waals surface area contributed by atoms with E-state index in [4.69, 9.17) is 4.74 Å². The van der Waals surface area contributed by atoms with Gasteiger partial charge in [0.1, 0.15) is 11.6 Å². The maximum absolute atomic E-state index is 13.1. The minimum Gasteiger partial charge on any atom is -0.379 e. The number of allylic oxidation sites excluding steroid dienone is 1. The van der Waals surface area contributed by atoms with Crippen LogP contribution in [-0.4, -0.2) is 57.7 Å². The maximum atomic E-state index is 13.1. The highest BCUT2D eigenvalue weighted by atomic mass is 19.1. The van der Waals surface area contributed by atoms with E-state index in [2.05, 4.69) is 26.3 Å². The highest BCUT2D eigenvalue weighted by molar-refractivity contribution is 6.04. The summed E-state index contributed by atoms with van der Waals surface area (Å²) in [6.45, 7) is 5.72. The Hall–Kier alpha value is -3.36. The number of halogens is 1. The molecule has 1 aliphatic heterocycles. The number of pyridine rings is 2. The first-order valence-corrected chi connectivity index (χ1v) is 11.7. The van der Waals surface area contributed by atoms with Crippen LogP contribution in [0.1, 0.15) is 40.9 Å². The summed E-state index contributed by atoms with van der Waals surface area (Å²) in [4.78, 5) is 24.0. The highest BCUT2D eigenvalue weighted by Gasteiger charge is 2.24. The van der Waals surface area contributed by atoms with Gasteiger partial charge in [0.2, 0.25) is 0 Å². The van der Waals surface area contributed by atoms with E-state index in [0.717, 1.165) is 63.0 Å². The molecule has 0 bridgehead atoms. The number of nitrogens with one attached hydrogen (secondary N) is 1. The smallest absolute Gasteiger partial charge is 0.257 e. The number of aryl methyl sites for hydroxylation is 1. The van der Waals surface area contributed by atoms with Crippen molar-refractivity contribution in [3.8, 4) is 5.82 Å². The van der Waals surface area contributed by atoms with Crippen LogP contribution in [0.5, 0.6) is 0 Å². The largest absolute Gasteiger partial charge is 0.379 e. The molecule has 1 fully saturated rings. The minimum absolute atomic E-state index is 0.236. The lowest BCUT2D eigenvalue weighted by Gasteiger charge is -2.36. The molecule has 0 saturated carbocycles. The quantitative estimate of drug-likeness (QED) is 0.616. The molecule has 176 valence electrons. The van der Waals surface area contributed by atoms with Gasteiger partial charge in [-0.1, -0.05) is 6.08 Å². The number of hydrogen-bond donors (Lipinski definition) is 1. The molecule has 0 spiro atoms. The summed E-state index contributed by atoms with van der Waals surface area (Å²) in [5.41, 5.74) is 4.47. The lowest BCUT2D eigenvalue weighted by atomic mass is 9.90. The van der Waals surface area contributed by atoms with E-state index >= 15 is 0 Å². The Labute approximate surface area is 198 Å². The van der Waals surface area contributed by atoms with Gasteiger partial charge in [-0.25, -0.2) is 9.37 Å². The van der Waals surface area contributed by atoms with Crippen molar-refractivity contribution in [2.45, 2.75) is 32.2 Å². The van der Waals surface area contributed by atoms with Gasteiger partial charge < -0.3 is 14.6 Å². The van der Waals surface area contributed by atoms with Gasteiger partial charge in [-0.3, -0.25) is 14.7 Å². The third-order valence-corrected chi connectivity index (χ3v) is 6.52. The summed E-state index contributed by atoms with van der Waals surface area (Å²) in [5.74, 6) is -0.0972. The van der Waals surface area contributed by atoms with Crippen molar-refractivity contribution in [1.29, 1.82) is 0 Å². The van der Waals surface area contributed by atoms with E-state index in [9.17, 15) is 9.18 Å². The minimum atomic E-state index is -0.402. The van der Waals surface area contributed by atoms with Crippen molar-refractivity contribution in [2.75, 3.05) is 31.6 Å². The van der Waals surface area contributed by atoms with Crippen LogP contribution in [0.15, 0.2) is 55.1 Å². The van der Waals surface area contributed by atoms with E-state index in [0.29, 0.717) is 23.1 Å². The molecule has 8 heteroatoms. The fourth-order valence-electron chi connectivity index (χ4n) is 4.69. The van der Waals surface area contributed by atoms with Gasteiger partial charge >= 0.3 is 0 Å². The number of rotatable bonds is 5. The molecule has 1 N–H and O–H groups in total. The topological polar surface area (TPSA) is 72.3 Å². The number of anilines is 1. The van der Waals surface area contributed by atoms with E-state index in [1.54, 1.807) is 35.3 Å². The highest BCUT2D eigenvalue weighted by Crippen LogP contribution is 2.31. The monoisotopic (exact) mass is 461 g/mol. The first-order chi connectivity index (χ1) is 16.6. The van der Waals surface area contributed by atoms with Crippen molar-refractivity contribution in [1.82, 2.24) is 19.4 Å². The molecular weight excluding hydrogens is 433 g/mol. The standard InChI is InChI=1S/C26H28FN5O2/c1-18-14-22(30-26(33)20-8-9-32(17-20)24-7-4-21(27)15-28-24)16-29-25(18)19-2-5-23(6-3-19)31-10-12-34-13-11-31/h2,4,7-9,14-17,23H,3,5-6,10-13H2,1H3,(H,30,33). The average Bonchev–Trinajstić information content (AvgIpc) is 3.36. The first kappa shape index (κ1) is 22.4. The second-order valence-corrected chi connectivity index (χ2v) is 8.79. The number of aromatic nitrogens is 3. The van der Waals surface area contributed by atoms with Crippen LogP contribution < -0.4 is 5.32 Å². The van der Waals surface area contributed by atoms with Crippen LogP contribution in [0, 0.1) is 12.7 Å². The third kappa shape index (κ3) is 4.93. The lowest BCUT2D eigenvalue weighted by molar-refractivity contribution is 0.0150. The Kier molecular flexibility index (Phi) is 6.51. The van der Waals surface area contributed by atoms with Gasteiger partial charge in [0.15, 0.2) is 0 Å². The number of morpholine rings is 1. The lowest BCUT2D eigenvalue weighted by Crippen LogP contribution is -2.43. The molecular formula is C26H28FN5O2. The first-order valence-electron chi connectivity index (χ1n) is 11.7. The second-order valence-electron chi connectivity index (χ2n) is 8.79. The normalized spacial score (nSPS) is 19.0. The molecule has 3 aromatic rings. The Morgan fingerprint density at radius 2 is 2.03 bits per heavy atom. The summed E-state index contributed by atoms with van der Waals surface area (Å²) in [6, 6.07) is 7.15. The van der Waals surface area contributed by atoms with Gasteiger partial charge in [0.25, 0.3) is 5.91 Å². The molecule has 1 unspecified atom stereocenters. The number of amides is 1. The van der Waals surface area contributed by atoms with E-state index in [1.165, 1.54) is 11.6 Å². The zero-order chi connectivity index (χ0) is 23.5. The molecule has 1 aliphatic carbocycles. The molecule has 7 nitrogen and oxygen atoms in total. The molecule has 2 aliphatic rings. The Bertz CT molecular complexity index is 1200. The number of carbonyl (C=O) groups is 1. The zero-order valence-corrected chi connectivity index (χ0v) is 19.2. The zero-order valence-electron chi connectivity index (χ0n) is 19.2. The van der Waals surface area contributed by atoms with Crippen LogP contribution >= 0.6 is 0 Å². The van der Waals surface area contributed by atoms with Crippen molar-refractivity contribution in [2.24, 2.45) is 0 Å². The molecule has 1 amide bonds. The van der Waals surface area contributed by atoms with Gasteiger partial charge in [-0.05, 0) is 61.6 Å². The van der Waals surface area contributed by atoms with Gasteiger partial charge in [-0.2, -0.15) is 0 Å². The van der Waals surface area contributed by atoms with E-state index in [1.807, 2.05) is 13.0 Å². The van der Waals surface area contributed by atoms with Gasteiger partial charge in [0.05, 0.1) is 42.6 Å². The molecule has 0 radical (unpaired) electrons. The van der Waals surface area contributed by atoms with Gasteiger partial charge in [0, 0.05) is 31.5 Å². The predicted molar refractivity (Wildman–Crippen MR) is 128 cm³/mol. The van der Waals surface area contributed by atoms with Crippen molar-refractivity contribution < 1.29 is 13.9 Å². The van der Waals surface area contributed by atoms with Gasteiger partial charge in [-0.15, -0.1) is 0 Å². The van der Waals surface area contributed by atoms with Crippen molar-refractivity contribution in [3.05, 3.63) is 77.8 Å². The predicted octanol–water partition coefficient (Wildman–Crippen LogP) is 4.24. The number of ether oxygens (including phenoxy) is 1. The SMILES string of the molecule is Cc1cc(NC(=O)c2ccn(-c3ccc(F)cn3)c2)cnc1C1=CCC(N2CCOCC2)CC1. The van der Waals surface area contributed by atoms with E-state index in [-0.39, 0.29) is 5.91 Å². The molecule has 3 aromatic heterocycles. The second kappa shape index (κ2) is 9.87. The molecule has 4 heterocycles. The summed E-state index contributed by atoms with van der Waals surface area (Å²) in [7, 11) is 0. The summed E-state index contributed by atoms with van der Waals surface area (Å²) in [5, 5.41) is 2.92.